The van der Waals surface area contributed by atoms with Crippen molar-refractivity contribution in [2.24, 2.45) is 0 Å². The van der Waals surface area contributed by atoms with E-state index in [9.17, 15) is 9.59 Å². The van der Waals surface area contributed by atoms with Crippen LogP contribution in [-0.2, 0) is 14.3 Å². The van der Waals surface area contributed by atoms with Gasteiger partial charge in [0, 0.05) is 8.95 Å². The number of rotatable bonds is 6. The zero-order valence-electron chi connectivity index (χ0n) is 9.74. The minimum atomic E-state index is -0.526. The van der Waals surface area contributed by atoms with E-state index in [0.717, 1.165) is 8.95 Å². The molecule has 0 N–H and O–H groups in total. The Labute approximate surface area is 122 Å². The Morgan fingerprint density at radius 1 is 1.17 bits per heavy atom. The summed E-state index contributed by atoms with van der Waals surface area (Å²) in [6.45, 7) is 1.81. The van der Waals surface area contributed by atoms with Crippen LogP contribution < -0.4 is 4.74 Å². The summed E-state index contributed by atoms with van der Waals surface area (Å²) < 4.78 is 11.6. The van der Waals surface area contributed by atoms with Gasteiger partial charge in [-0.05, 0) is 25.1 Å². The SMILES string of the molecule is CCOC(=O)CC(=O)COc1cc(Br)cc(Br)c1. The maximum atomic E-state index is 11.4. The molecule has 0 amide bonds. The molecule has 1 aromatic carbocycles. The number of carbonyl (C=O) groups excluding carboxylic acids is 2. The van der Waals surface area contributed by atoms with Crippen LogP contribution in [-0.4, -0.2) is 25.0 Å². The summed E-state index contributed by atoms with van der Waals surface area (Å²) >= 11 is 6.62. The Balaban J connectivity index is 2.45. The fourth-order valence-corrected chi connectivity index (χ4v) is 2.45. The summed E-state index contributed by atoms with van der Waals surface area (Å²) in [5, 5.41) is 0. The van der Waals surface area contributed by atoms with Gasteiger partial charge in [0.05, 0.1) is 6.61 Å². The van der Waals surface area contributed by atoms with E-state index >= 15 is 0 Å². The van der Waals surface area contributed by atoms with Crippen molar-refractivity contribution < 1.29 is 19.1 Å². The summed E-state index contributed by atoms with van der Waals surface area (Å²) in [5.41, 5.74) is 0. The molecule has 1 aromatic rings. The first kappa shape index (κ1) is 15.2. The first-order chi connectivity index (χ1) is 8.51. The molecule has 0 spiro atoms. The highest BCUT2D eigenvalue weighted by Crippen LogP contribution is 2.24. The summed E-state index contributed by atoms with van der Waals surface area (Å²) in [7, 11) is 0. The van der Waals surface area contributed by atoms with E-state index in [1.165, 1.54) is 0 Å². The van der Waals surface area contributed by atoms with E-state index in [-0.39, 0.29) is 25.4 Å². The minimum Gasteiger partial charge on any atom is -0.486 e. The molecule has 18 heavy (non-hydrogen) atoms. The lowest BCUT2D eigenvalue weighted by atomic mass is 10.3. The normalized spacial score (nSPS) is 9.94. The molecule has 0 heterocycles. The molecular weight excluding hydrogens is 368 g/mol. The smallest absolute Gasteiger partial charge is 0.313 e. The van der Waals surface area contributed by atoms with Gasteiger partial charge in [-0.25, -0.2) is 0 Å². The maximum absolute atomic E-state index is 11.4. The van der Waals surface area contributed by atoms with E-state index in [1.807, 2.05) is 6.07 Å². The fourth-order valence-electron chi connectivity index (χ4n) is 1.20. The molecule has 0 unspecified atom stereocenters. The number of ether oxygens (including phenoxy) is 2. The van der Waals surface area contributed by atoms with Crippen LogP contribution in [0.5, 0.6) is 5.75 Å². The molecule has 4 nitrogen and oxygen atoms in total. The zero-order chi connectivity index (χ0) is 13.5. The van der Waals surface area contributed by atoms with E-state index in [0.29, 0.717) is 5.75 Å². The highest BCUT2D eigenvalue weighted by molar-refractivity contribution is 9.11. The Morgan fingerprint density at radius 2 is 1.78 bits per heavy atom. The van der Waals surface area contributed by atoms with E-state index < -0.39 is 5.97 Å². The van der Waals surface area contributed by atoms with Crippen molar-refractivity contribution in [2.75, 3.05) is 13.2 Å². The second-order valence-electron chi connectivity index (χ2n) is 3.41. The van der Waals surface area contributed by atoms with Crippen LogP contribution in [0.2, 0.25) is 0 Å². The first-order valence-electron chi connectivity index (χ1n) is 5.27. The van der Waals surface area contributed by atoms with Crippen molar-refractivity contribution in [1.29, 1.82) is 0 Å². The first-order valence-corrected chi connectivity index (χ1v) is 6.86. The molecule has 6 heteroatoms. The average Bonchev–Trinajstić information content (AvgIpc) is 2.25. The average molecular weight is 380 g/mol. The van der Waals surface area contributed by atoms with Crippen molar-refractivity contribution in [3.63, 3.8) is 0 Å². The number of ketones is 1. The standard InChI is InChI=1S/C12H12Br2O4/c1-2-17-12(16)6-10(15)7-18-11-4-8(13)3-9(14)5-11/h3-5H,2,6-7H2,1H3. The van der Waals surface area contributed by atoms with Gasteiger partial charge in [0.2, 0.25) is 0 Å². The second kappa shape index (κ2) is 7.53. The van der Waals surface area contributed by atoms with Crippen molar-refractivity contribution in [3.05, 3.63) is 27.1 Å². The summed E-state index contributed by atoms with van der Waals surface area (Å²) in [4.78, 5) is 22.5. The highest BCUT2D eigenvalue weighted by Gasteiger charge is 2.11. The van der Waals surface area contributed by atoms with Gasteiger partial charge in [-0.15, -0.1) is 0 Å². The van der Waals surface area contributed by atoms with E-state index in [1.54, 1.807) is 19.1 Å². The molecule has 0 saturated carbocycles. The third kappa shape index (κ3) is 5.64. The third-order valence-electron chi connectivity index (χ3n) is 1.88. The van der Waals surface area contributed by atoms with Crippen LogP contribution in [0.25, 0.3) is 0 Å². The minimum absolute atomic E-state index is 0.151. The molecule has 1 rings (SSSR count). The van der Waals surface area contributed by atoms with Crippen LogP contribution in [0.3, 0.4) is 0 Å². The molecule has 0 radical (unpaired) electrons. The third-order valence-corrected chi connectivity index (χ3v) is 2.80. The molecule has 98 valence electrons. The van der Waals surface area contributed by atoms with Gasteiger partial charge < -0.3 is 9.47 Å². The van der Waals surface area contributed by atoms with Crippen molar-refractivity contribution >= 4 is 43.6 Å². The van der Waals surface area contributed by atoms with Gasteiger partial charge in [0.1, 0.15) is 18.8 Å². The van der Waals surface area contributed by atoms with Crippen LogP contribution >= 0.6 is 31.9 Å². The molecule has 0 aliphatic rings. The number of hydrogen-bond donors (Lipinski definition) is 0. The summed E-state index contributed by atoms with van der Waals surface area (Å²) in [5.74, 6) is -0.292. The van der Waals surface area contributed by atoms with Crippen molar-refractivity contribution in [3.8, 4) is 5.75 Å². The predicted molar refractivity (Wildman–Crippen MR) is 73.6 cm³/mol. The maximum Gasteiger partial charge on any atom is 0.313 e. The molecular formula is C12H12Br2O4. The Hall–Kier alpha value is -0.880. The van der Waals surface area contributed by atoms with Gasteiger partial charge >= 0.3 is 5.97 Å². The fraction of sp³-hybridized carbons (Fsp3) is 0.333. The highest BCUT2D eigenvalue weighted by atomic mass is 79.9. The molecule has 0 fully saturated rings. The summed E-state index contributed by atoms with van der Waals surface area (Å²) in [6, 6.07) is 5.33. The molecule has 0 atom stereocenters. The topological polar surface area (TPSA) is 52.6 Å². The molecule has 0 aliphatic heterocycles. The van der Waals surface area contributed by atoms with Crippen LogP contribution in [0.4, 0.5) is 0 Å². The molecule has 0 bridgehead atoms. The number of halogens is 2. The Kier molecular flexibility index (Phi) is 6.35. The van der Waals surface area contributed by atoms with Gasteiger partial charge in [0.15, 0.2) is 5.78 Å². The zero-order valence-corrected chi connectivity index (χ0v) is 12.9. The van der Waals surface area contributed by atoms with Crippen LogP contribution in [0, 0.1) is 0 Å². The lowest BCUT2D eigenvalue weighted by Gasteiger charge is -2.06. The van der Waals surface area contributed by atoms with Gasteiger partial charge in [-0.2, -0.15) is 0 Å². The predicted octanol–water partition coefficient (Wildman–Crippen LogP) is 3.11. The van der Waals surface area contributed by atoms with Crippen molar-refractivity contribution in [1.82, 2.24) is 0 Å². The number of Topliss-reactive ketones (excluding diaryl/α,β-unsaturated/α-hetero) is 1. The van der Waals surface area contributed by atoms with Gasteiger partial charge in [-0.3, -0.25) is 9.59 Å². The number of hydrogen-bond acceptors (Lipinski definition) is 4. The second-order valence-corrected chi connectivity index (χ2v) is 5.25. The molecule has 0 aromatic heterocycles. The Bertz CT molecular complexity index is 425. The van der Waals surface area contributed by atoms with Crippen molar-refractivity contribution in [2.45, 2.75) is 13.3 Å². The largest absolute Gasteiger partial charge is 0.486 e. The number of benzene rings is 1. The van der Waals surface area contributed by atoms with E-state index in [4.69, 9.17) is 4.74 Å². The van der Waals surface area contributed by atoms with Crippen LogP contribution in [0.15, 0.2) is 27.1 Å². The van der Waals surface area contributed by atoms with Crippen LogP contribution in [0.1, 0.15) is 13.3 Å². The van der Waals surface area contributed by atoms with Gasteiger partial charge in [-0.1, -0.05) is 31.9 Å². The number of esters is 1. The lowest BCUT2D eigenvalue weighted by Crippen LogP contribution is -2.17. The molecule has 0 aliphatic carbocycles. The quantitative estimate of drug-likeness (QED) is 0.562. The number of carbonyl (C=O) groups is 2. The van der Waals surface area contributed by atoms with E-state index in [2.05, 4.69) is 36.6 Å². The summed E-state index contributed by atoms with van der Waals surface area (Å²) in [6.07, 6.45) is -0.261. The monoisotopic (exact) mass is 378 g/mol. The Morgan fingerprint density at radius 3 is 2.33 bits per heavy atom. The molecule has 0 saturated heterocycles. The lowest BCUT2D eigenvalue weighted by molar-refractivity contribution is -0.145. The van der Waals surface area contributed by atoms with Gasteiger partial charge in [0.25, 0.3) is 0 Å².